The molecule has 110 valence electrons. The molecule has 1 heterocycles. The average Bonchev–Trinajstić information content (AvgIpc) is 2.46. The minimum absolute atomic E-state index is 0.0573. The van der Waals surface area contributed by atoms with Crippen molar-refractivity contribution in [2.24, 2.45) is 0 Å². The Labute approximate surface area is 122 Å². The van der Waals surface area contributed by atoms with Crippen molar-refractivity contribution in [3.63, 3.8) is 0 Å². The molecule has 0 aliphatic rings. The van der Waals surface area contributed by atoms with Crippen molar-refractivity contribution in [2.45, 2.75) is 20.5 Å². The Balaban J connectivity index is 2.11. The van der Waals surface area contributed by atoms with Gasteiger partial charge in [-0.1, -0.05) is 12.1 Å². The number of nitrogens with one attached hydrogen (secondary N) is 1. The smallest absolute Gasteiger partial charge is 0.276 e. The second-order valence-electron chi connectivity index (χ2n) is 4.49. The van der Waals surface area contributed by atoms with Crippen LogP contribution in [0.15, 0.2) is 36.4 Å². The number of hydrogen-bond acceptors (Lipinski definition) is 5. The van der Waals surface area contributed by atoms with E-state index in [1.165, 1.54) is 6.07 Å². The van der Waals surface area contributed by atoms with Crippen molar-refractivity contribution < 1.29 is 9.66 Å². The van der Waals surface area contributed by atoms with Gasteiger partial charge in [0.25, 0.3) is 5.69 Å². The van der Waals surface area contributed by atoms with Crippen LogP contribution >= 0.6 is 0 Å². The monoisotopic (exact) mass is 287 g/mol. The molecule has 0 radical (unpaired) electrons. The van der Waals surface area contributed by atoms with Gasteiger partial charge < -0.3 is 10.1 Å². The van der Waals surface area contributed by atoms with Gasteiger partial charge in [0.2, 0.25) is 0 Å². The summed E-state index contributed by atoms with van der Waals surface area (Å²) in [4.78, 5) is 14.9. The summed E-state index contributed by atoms with van der Waals surface area (Å²) in [6.45, 7) is 4.73. The number of anilines is 1. The molecule has 0 saturated heterocycles. The molecule has 2 rings (SSSR count). The van der Waals surface area contributed by atoms with Crippen LogP contribution < -0.4 is 10.1 Å². The van der Waals surface area contributed by atoms with Crippen LogP contribution in [0.1, 0.15) is 18.2 Å². The number of benzene rings is 1. The second-order valence-corrected chi connectivity index (χ2v) is 4.49. The largest absolute Gasteiger partial charge is 0.487 e. The van der Waals surface area contributed by atoms with Crippen LogP contribution in [0.3, 0.4) is 0 Å². The molecule has 0 aliphatic heterocycles. The highest BCUT2D eigenvalue weighted by atomic mass is 16.6. The fourth-order valence-electron chi connectivity index (χ4n) is 1.95. The number of aromatic nitrogens is 1. The van der Waals surface area contributed by atoms with E-state index in [9.17, 15) is 10.1 Å². The summed E-state index contributed by atoms with van der Waals surface area (Å²) in [6.07, 6.45) is 0. The van der Waals surface area contributed by atoms with Gasteiger partial charge in [0.05, 0.1) is 16.2 Å². The highest BCUT2D eigenvalue weighted by molar-refractivity contribution is 5.48. The molecule has 1 N–H and O–H groups in total. The zero-order valence-electron chi connectivity index (χ0n) is 12.0. The van der Waals surface area contributed by atoms with Crippen molar-refractivity contribution in [2.75, 3.05) is 11.9 Å². The zero-order valence-corrected chi connectivity index (χ0v) is 12.0. The number of nitro groups is 1. The summed E-state index contributed by atoms with van der Waals surface area (Å²) in [5, 5.41) is 14.0. The summed E-state index contributed by atoms with van der Waals surface area (Å²) < 4.78 is 5.65. The second kappa shape index (κ2) is 6.69. The first-order valence-electron chi connectivity index (χ1n) is 6.68. The molecule has 0 fully saturated rings. The van der Waals surface area contributed by atoms with E-state index in [4.69, 9.17) is 4.74 Å². The van der Waals surface area contributed by atoms with Crippen LogP contribution in [-0.2, 0) is 6.61 Å². The average molecular weight is 287 g/mol. The SMILES string of the molecule is CCNc1cccc(COc2cccc([N+](=O)[O-])c2C)n1. The quantitative estimate of drug-likeness (QED) is 0.651. The maximum Gasteiger partial charge on any atom is 0.276 e. The molecule has 2 aromatic rings. The van der Waals surface area contributed by atoms with E-state index < -0.39 is 4.92 Å². The van der Waals surface area contributed by atoms with Crippen LogP contribution in [-0.4, -0.2) is 16.5 Å². The number of nitrogens with zero attached hydrogens (tertiary/aromatic N) is 2. The molecule has 0 bridgehead atoms. The molecular weight excluding hydrogens is 270 g/mol. The summed E-state index contributed by atoms with van der Waals surface area (Å²) >= 11 is 0. The fraction of sp³-hybridized carbons (Fsp3) is 0.267. The van der Waals surface area contributed by atoms with Crippen molar-refractivity contribution in [1.82, 2.24) is 4.98 Å². The first kappa shape index (κ1) is 14.8. The Kier molecular flexibility index (Phi) is 4.71. The van der Waals surface area contributed by atoms with Gasteiger partial charge in [0.15, 0.2) is 0 Å². The van der Waals surface area contributed by atoms with Crippen LogP contribution in [0.5, 0.6) is 5.75 Å². The Hall–Kier alpha value is -2.63. The van der Waals surface area contributed by atoms with E-state index >= 15 is 0 Å². The zero-order chi connectivity index (χ0) is 15.2. The molecule has 0 amide bonds. The lowest BCUT2D eigenvalue weighted by molar-refractivity contribution is -0.385. The standard InChI is InChI=1S/C15H17N3O3/c1-3-16-15-9-4-6-12(17-15)10-21-14-8-5-7-13(11(14)2)18(19)20/h4-9H,3,10H2,1-2H3,(H,16,17). The first-order valence-corrected chi connectivity index (χ1v) is 6.68. The van der Waals surface area contributed by atoms with Gasteiger partial charge in [0.1, 0.15) is 18.2 Å². The van der Waals surface area contributed by atoms with E-state index in [0.29, 0.717) is 11.3 Å². The first-order chi connectivity index (χ1) is 10.1. The molecular formula is C15H17N3O3. The van der Waals surface area contributed by atoms with E-state index in [1.54, 1.807) is 19.1 Å². The Bertz CT molecular complexity index is 644. The molecule has 1 aromatic carbocycles. The maximum atomic E-state index is 10.9. The van der Waals surface area contributed by atoms with Crippen LogP contribution in [0, 0.1) is 17.0 Å². The third kappa shape index (κ3) is 3.68. The van der Waals surface area contributed by atoms with Crippen molar-refractivity contribution in [3.05, 3.63) is 57.8 Å². The third-order valence-electron chi connectivity index (χ3n) is 2.99. The summed E-state index contributed by atoms with van der Waals surface area (Å²) in [5.41, 5.74) is 1.34. The van der Waals surface area contributed by atoms with E-state index in [0.717, 1.165) is 18.1 Å². The molecule has 1 aromatic heterocycles. The van der Waals surface area contributed by atoms with Crippen molar-refractivity contribution >= 4 is 11.5 Å². The fourth-order valence-corrected chi connectivity index (χ4v) is 1.95. The molecule has 6 nitrogen and oxygen atoms in total. The van der Waals surface area contributed by atoms with Crippen LogP contribution in [0.25, 0.3) is 0 Å². The highest BCUT2D eigenvalue weighted by Gasteiger charge is 2.14. The molecule has 6 heteroatoms. The number of hydrogen-bond donors (Lipinski definition) is 1. The van der Waals surface area contributed by atoms with E-state index in [-0.39, 0.29) is 12.3 Å². The Morgan fingerprint density at radius 3 is 2.76 bits per heavy atom. The number of rotatable bonds is 6. The van der Waals surface area contributed by atoms with Crippen molar-refractivity contribution in [3.8, 4) is 5.75 Å². The highest BCUT2D eigenvalue weighted by Crippen LogP contribution is 2.27. The predicted molar refractivity (Wildman–Crippen MR) is 80.6 cm³/mol. The lowest BCUT2D eigenvalue weighted by atomic mass is 10.2. The van der Waals surface area contributed by atoms with Crippen molar-refractivity contribution in [1.29, 1.82) is 0 Å². The van der Waals surface area contributed by atoms with Gasteiger partial charge in [-0.15, -0.1) is 0 Å². The minimum atomic E-state index is -0.410. The summed E-state index contributed by atoms with van der Waals surface area (Å²) in [5.74, 6) is 1.29. The maximum absolute atomic E-state index is 10.9. The number of pyridine rings is 1. The van der Waals surface area contributed by atoms with Gasteiger partial charge in [-0.3, -0.25) is 10.1 Å². The lowest BCUT2D eigenvalue weighted by Gasteiger charge is -2.10. The minimum Gasteiger partial charge on any atom is -0.487 e. The Morgan fingerprint density at radius 2 is 2.05 bits per heavy atom. The van der Waals surface area contributed by atoms with E-state index in [1.807, 2.05) is 25.1 Å². The van der Waals surface area contributed by atoms with Gasteiger partial charge in [0, 0.05) is 12.6 Å². The predicted octanol–water partition coefficient (Wildman–Crippen LogP) is 3.31. The molecule has 21 heavy (non-hydrogen) atoms. The molecule has 0 aliphatic carbocycles. The lowest BCUT2D eigenvalue weighted by Crippen LogP contribution is -2.04. The summed E-state index contributed by atoms with van der Waals surface area (Å²) in [7, 11) is 0. The topological polar surface area (TPSA) is 77.3 Å². The van der Waals surface area contributed by atoms with Gasteiger partial charge in [-0.25, -0.2) is 4.98 Å². The molecule has 0 spiro atoms. The third-order valence-corrected chi connectivity index (χ3v) is 2.99. The van der Waals surface area contributed by atoms with Crippen LogP contribution in [0.4, 0.5) is 11.5 Å². The number of ether oxygens (including phenoxy) is 1. The van der Waals surface area contributed by atoms with Gasteiger partial charge >= 0.3 is 0 Å². The van der Waals surface area contributed by atoms with Gasteiger partial charge in [-0.2, -0.15) is 0 Å². The summed E-state index contributed by atoms with van der Waals surface area (Å²) in [6, 6.07) is 10.4. The van der Waals surface area contributed by atoms with Gasteiger partial charge in [-0.05, 0) is 32.0 Å². The molecule has 0 saturated carbocycles. The number of nitro benzene ring substituents is 1. The Morgan fingerprint density at radius 1 is 1.29 bits per heavy atom. The van der Waals surface area contributed by atoms with Crippen LogP contribution in [0.2, 0.25) is 0 Å². The molecule has 0 unspecified atom stereocenters. The normalized spacial score (nSPS) is 10.2. The molecule has 0 atom stereocenters. The van der Waals surface area contributed by atoms with E-state index in [2.05, 4.69) is 10.3 Å².